The van der Waals surface area contributed by atoms with Crippen LogP contribution < -0.4 is 17.2 Å². The molecule has 1 atom stereocenters. The molecule has 0 spiro atoms. The number of unbranched alkanes of at least 4 members (excludes halogenated alkanes) is 1. The number of aromatic amines is 1. The Labute approximate surface area is 115 Å². The van der Waals surface area contributed by atoms with E-state index >= 15 is 0 Å². The highest BCUT2D eigenvalue weighted by atomic mass is 19.1. The third-order valence-electron chi connectivity index (χ3n) is 3.09. The van der Waals surface area contributed by atoms with E-state index in [0.29, 0.717) is 18.8 Å². The SMILES string of the molecule is NCCCCC(N)c1n[nH]c(=O)n1-c1ccccc1F. The zero-order valence-corrected chi connectivity index (χ0v) is 11.1. The van der Waals surface area contributed by atoms with Gasteiger partial charge in [-0.2, -0.15) is 5.10 Å². The van der Waals surface area contributed by atoms with Crippen molar-refractivity contribution in [1.29, 1.82) is 0 Å². The Bertz CT molecular complexity index is 621. The lowest BCUT2D eigenvalue weighted by Gasteiger charge is -2.12. The molecule has 2 aromatic rings. The van der Waals surface area contributed by atoms with Crippen LogP contribution in [0.25, 0.3) is 5.69 Å². The van der Waals surface area contributed by atoms with Crippen LogP contribution >= 0.6 is 0 Å². The minimum atomic E-state index is -0.501. The molecule has 0 radical (unpaired) electrons. The Kier molecular flexibility index (Phi) is 4.65. The van der Waals surface area contributed by atoms with Crippen LogP contribution in [0.5, 0.6) is 0 Å². The second-order valence-corrected chi connectivity index (χ2v) is 4.56. The van der Waals surface area contributed by atoms with E-state index in [9.17, 15) is 9.18 Å². The lowest BCUT2D eigenvalue weighted by Crippen LogP contribution is -2.23. The van der Waals surface area contributed by atoms with Crippen molar-refractivity contribution in [3.05, 3.63) is 46.4 Å². The highest BCUT2D eigenvalue weighted by Gasteiger charge is 2.18. The predicted molar refractivity (Wildman–Crippen MR) is 74.0 cm³/mol. The third kappa shape index (κ3) is 2.94. The molecular weight excluding hydrogens is 261 g/mol. The normalized spacial score (nSPS) is 12.6. The summed E-state index contributed by atoms with van der Waals surface area (Å²) in [5.74, 6) is -0.163. The Morgan fingerprint density at radius 1 is 1.35 bits per heavy atom. The molecule has 0 aliphatic heterocycles. The van der Waals surface area contributed by atoms with E-state index in [1.54, 1.807) is 12.1 Å². The number of benzene rings is 1. The van der Waals surface area contributed by atoms with Gasteiger partial charge in [0.1, 0.15) is 5.82 Å². The largest absolute Gasteiger partial charge is 0.348 e. The van der Waals surface area contributed by atoms with Gasteiger partial charge in [0.05, 0.1) is 11.7 Å². The van der Waals surface area contributed by atoms with Gasteiger partial charge in [-0.1, -0.05) is 18.6 Å². The van der Waals surface area contributed by atoms with Gasteiger partial charge in [-0.15, -0.1) is 0 Å². The molecule has 0 fully saturated rings. The first kappa shape index (κ1) is 14.4. The molecule has 7 heteroatoms. The maximum Gasteiger partial charge on any atom is 0.348 e. The van der Waals surface area contributed by atoms with Crippen LogP contribution in [-0.4, -0.2) is 21.3 Å². The van der Waals surface area contributed by atoms with Gasteiger partial charge in [0.15, 0.2) is 5.82 Å². The molecule has 5 N–H and O–H groups in total. The van der Waals surface area contributed by atoms with Crippen LogP contribution in [0.4, 0.5) is 4.39 Å². The number of hydrogen-bond acceptors (Lipinski definition) is 4. The number of aromatic nitrogens is 3. The highest BCUT2D eigenvalue weighted by molar-refractivity contribution is 5.34. The van der Waals surface area contributed by atoms with E-state index in [4.69, 9.17) is 11.5 Å². The third-order valence-corrected chi connectivity index (χ3v) is 3.09. The van der Waals surface area contributed by atoms with Crippen molar-refractivity contribution in [2.24, 2.45) is 11.5 Å². The number of nitrogens with two attached hydrogens (primary N) is 2. The molecule has 1 aromatic carbocycles. The summed E-state index contributed by atoms with van der Waals surface area (Å²) in [6, 6.07) is 5.58. The molecule has 0 saturated heterocycles. The summed E-state index contributed by atoms with van der Waals surface area (Å²) in [5, 5.41) is 6.23. The van der Waals surface area contributed by atoms with Crippen molar-refractivity contribution >= 4 is 0 Å². The topological polar surface area (TPSA) is 103 Å². The maximum absolute atomic E-state index is 13.8. The second-order valence-electron chi connectivity index (χ2n) is 4.56. The van der Waals surface area contributed by atoms with Crippen molar-refractivity contribution in [2.75, 3.05) is 6.54 Å². The zero-order chi connectivity index (χ0) is 14.5. The number of para-hydroxylation sites is 1. The monoisotopic (exact) mass is 279 g/mol. The zero-order valence-electron chi connectivity index (χ0n) is 11.1. The summed E-state index contributed by atoms with van der Waals surface area (Å²) < 4.78 is 15.0. The van der Waals surface area contributed by atoms with Gasteiger partial charge in [0.2, 0.25) is 0 Å². The van der Waals surface area contributed by atoms with Crippen LogP contribution in [0.15, 0.2) is 29.1 Å². The van der Waals surface area contributed by atoms with Crippen molar-refractivity contribution in [3.63, 3.8) is 0 Å². The Balaban J connectivity index is 2.33. The lowest BCUT2D eigenvalue weighted by atomic mass is 10.1. The van der Waals surface area contributed by atoms with E-state index in [1.807, 2.05) is 0 Å². The number of rotatable bonds is 6. The number of hydrogen-bond donors (Lipinski definition) is 3. The predicted octanol–water partition coefficient (Wildman–Crippen LogP) is 0.829. The van der Waals surface area contributed by atoms with Crippen LogP contribution in [0.1, 0.15) is 31.1 Å². The van der Waals surface area contributed by atoms with Gasteiger partial charge in [0, 0.05) is 0 Å². The fourth-order valence-corrected chi connectivity index (χ4v) is 2.06. The molecule has 2 rings (SSSR count). The number of H-pyrrole nitrogens is 1. The fraction of sp³-hybridized carbons (Fsp3) is 0.385. The molecule has 0 saturated carbocycles. The Morgan fingerprint density at radius 2 is 2.10 bits per heavy atom. The van der Waals surface area contributed by atoms with Gasteiger partial charge in [0.25, 0.3) is 0 Å². The number of halogens is 1. The molecule has 0 amide bonds. The summed E-state index contributed by atoms with van der Waals surface area (Å²) in [5.41, 5.74) is 11.1. The van der Waals surface area contributed by atoms with E-state index in [2.05, 4.69) is 10.2 Å². The molecule has 0 aliphatic carbocycles. The first-order valence-electron chi connectivity index (χ1n) is 6.53. The second kappa shape index (κ2) is 6.44. The molecular formula is C13H18FN5O. The molecule has 20 heavy (non-hydrogen) atoms. The Morgan fingerprint density at radius 3 is 2.80 bits per heavy atom. The van der Waals surface area contributed by atoms with E-state index in [-0.39, 0.29) is 5.69 Å². The number of nitrogens with zero attached hydrogens (tertiary/aromatic N) is 2. The van der Waals surface area contributed by atoms with Gasteiger partial charge >= 0.3 is 5.69 Å². The Hall–Kier alpha value is -1.99. The smallest absolute Gasteiger partial charge is 0.330 e. The van der Waals surface area contributed by atoms with Gasteiger partial charge in [-0.25, -0.2) is 18.9 Å². The summed E-state index contributed by atoms with van der Waals surface area (Å²) in [4.78, 5) is 11.8. The summed E-state index contributed by atoms with van der Waals surface area (Å²) >= 11 is 0. The summed E-state index contributed by atoms with van der Waals surface area (Å²) in [6.07, 6.45) is 2.31. The van der Waals surface area contributed by atoms with E-state index < -0.39 is 17.5 Å². The first-order chi connectivity index (χ1) is 9.65. The molecule has 1 heterocycles. The molecule has 1 unspecified atom stereocenters. The van der Waals surface area contributed by atoms with E-state index in [0.717, 1.165) is 12.8 Å². The highest BCUT2D eigenvalue weighted by Crippen LogP contribution is 2.18. The standard InChI is InChI=1S/C13H18FN5O/c14-9-5-1-2-7-11(9)19-12(17-18-13(19)20)10(16)6-3-4-8-15/h1-2,5,7,10H,3-4,6,8,15-16H2,(H,18,20). The maximum atomic E-state index is 13.8. The lowest BCUT2D eigenvalue weighted by molar-refractivity contribution is 0.550. The van der Waals surface area contributed by atoms with Crippen molar-refractivity contribution in [1.82, 2.24) is 14.8 Å². The minimum absolute atomic E-state index is 0.149. The molecule has 108 valence electrons. The average Bonchev–Trinajstić information content (AvgIpc) is 2.81. The molecule has 1 aromatic heterocycles. The molecule has 6 nitrogen and oxygen atoms in total. The van der Waals surface area contributed by atoms with Gasteiger partial charge in [-0.3, -0.25) is 0 Å². The van der Waals surface area contributed by atoms with Crippen molar-refractivity contribution in [3.8, 4) is 5.69 Å². The van der Waals surface area contributed by atoms with Crippen molar-refractivity contribution in [2.45, 2.75) is 25.3 Å². The number of nitrogens with one attached hydrogen (secondary N) is 1. The molecule has 0 aliphatic rings. The molecule has 0 bridgehead atoms. The first-order valence-corrected chi connectivity index (χ1v) is 6.53. The fourth-order valence-electron chi connectivity index (χ4n) is 2.06. The minimum Gasteiger partial charge on any atom is -0.330 e. The van der Waals surface area contributed by atoms with E-state index in [1.165, 1.54) is 16.7 Å². The van der Waals surface area contributed by atoms with Gasteiger partial charge < -0.3 is 11.5 Å². The van der Waals surface area contributed by atoms with Crippen LogP contribution in [-0.2, 0) is 0 Å². The quantitative estimate of drug-likeness (QED) is 0.681. The van der Waals surface area contributed by atoms with Crippen LogP contribution in [0.3, 0.4) is 0 Å². The average molecular weight is 279 g/mol. The van der Waals surface area contributed by atoms with Crippen LogP contribution in [0, 0.1) is 5.82 Å². The summed E-state index contributed by atoms with van der Waals surface area (Å²) in [7, 11) is 0. The van der Waals surface area contributed by atoms with Crippen molar-refractivity contribution < 1.29 is 4.39 Å². The van der Waals surface area contributed by atoms with Crippen LogP contribution in [0.2, 0.25) is 0 Å². The summed E-state index contributed by atoms with van der Waals surface area (Å²) in [6.45, 7) is 0.591. The van der Waals surface area contributed by atoms with Gasteiger partial charge in [-0.05, 0) is 31.5 Å².